The summed E-state index contributed by atoms with van der Waals surface area (Å²) in [6, 6.07) is 10.7. The average Bonchev–Trinajstić information content (AvgIpc) is 2.40. The van der Waals surface area contributed by atoms with E-state index >= 15 is 0 Å². The molecule has 0 fully saturated rings. The van der Waals surface area contributed by atoms with Gasteiger partial charge in [0.2, 0.25) is 0 Å². The van der Waals surface area contributed by atoms with E-state index in [0.29, 0.717) is 6.61 Å². The van der Waals surface area contributed by atoms with Gasteiger partial charge >= 0.3 is 0 Å². The summed E-state index contributed by atoms with van der Waals surface area (Å²) in [7, 11) is 0. The maximum Gasteiger partial charge on any atom is 0.133 e. The van der Waals surface area contributed by atoms with E-state index in [-0.39, 0.29) is 4.83 Å². The van der Waals surface area contributed by atoms with E-state index in [2.05, 4.69) is 76.9 Å². The lowest BCUT2D eigenvalue weighted by Crippen LogP contribution is -2.01. The number of benzene rings is 2. The quantitative estimate of drug-likeness (QED) is 0.539. The Kier molecular flexibility index (Phi) is 5.50. The predicted octanol–water partition coefficient (Wildman–Crippen LogP) is 6.26. The van der Waals surface area contributed by atoms with E-state index in [4.69, 9.17) is 4.74 Å². The zero-order valence-electron chi connectivity index (χ0n) is 12.8. The Balaban J connectivity index is 2.41. The largest absolute Gasteiger partial charge is 0.493 e. The molecule has 2 aromatic rings. The molecule has 0 aliphatic heterocycles. The zero-order valence-corrected chi connectivity index (χ0v) is 16.0. The van der Waals surface area contributed by atoms with Gasteiger partial charge in [-0.25, -0.2) is 0 Å². The van der Waals surface area contributed by atoms with E-state index in [1.807, 2.05) is 13.0 Å². The fourth-order valence-electron chi connectivity index (χ4n) is 2.70. The fourth-order valence-corrected chi connectivity index (χ4v) is 4.22. The van der Waals surface area contributed by atoms with Crippen LogP contribution in [0.1, 0.15) is 39.6 Å². The minimum absolute atomic E-state index is 0.185. The van der Waals surface area contributed by atoms with Gasteiger partial charge in [-0.1, -0.05) is 39.7 Å². The number of rotatable bonds is 4. The lowest BCUT2D eigenvalue weighted by atomic mass is 9.94. The van der Waals surface area contributed by atoms with Crippen molar-refractivity contribution in [2.45, 2.75) is 32.5 Å². The van der Waals surface area contributed by atoms with Crippen molar-refractivity contribution in [1.82, 2.24) is 0 Å². The first-order chi connectivity index (χ1) is 9.93. The maximum atomic E-state index is 5.58. The molecular weight excluding hydrogens is 392 g/mol. The molecular formula is C18H20Br2O. The molecule has 0 radical (unpaired) electrons. The van der Waals surface area contributed by atoms with Crippen molar-refractivity contribution in [3.8, 4) is 5.75 Å². The average molecular weight is 412 g/mol. The van der Waals surface area contributed by atoms with Crippen LogP contribution in [0.15, 0.2) is 34.8 Å². The van der Waals surface area contributed by atoms with E-state index in [1.54, 1.807) is 0 Å². The number of hydrogen-bond acceptors (Lipinski definition) is 1. The Morgan fingerprint density at radius 1 is 1.05 bits per heavy atom. The van der Waals surface area contributed by atoms with Gasteiger partial charge in [-0.05, 0) is 78.0 Å². The molecule has 0 heterocycles. The van der Waals surface area contributed by atoms with Gasteiger partial charge < -0.3 is 4.74 Å². The van der Waals surface area contributed by atoms with E-state index in [0.717, 1.165) is 10.2 Å². The van der Waals surface area contributed by atoms with Crippen LogP contribution in [0.3, 0.4) is 0 Å². The molecule has 1 atom stereocenters. The fraction of sp³-hybridized carbons (Fsp3) is 0.333. The molecule has 0 aromatic heterocycles. The summed E-state index contributed by atoms with van der Waals surface area (Å²) in [6.45, 7) is 9.15. The first-order valence-corrected chi connectivity index (χ1v) is 8.79. The second kappa shape index (κ2) is 6.97. The molecule has 2 rings (SSSR count). The molecule has 112 valence electrons. The van der Waals surface area contributed by atoms with Gasteiger partial charge in [0.05, 0.1) is 15.9 Å². The standard InChI is InChI=1S/C18H20Br2O/c1-5-21-16-7-6-14(10-15(16)19)18(20)17-12(3)8-11(2)9-13(17)4/h6-10,18H,5H2,1-4H3. The number of alkyl halides is 1. The minimum Gasteiger partial charge on any atom is -0.493 e. The Morgan fingerprint density at radius 2 is 1.67 bits per heavy atom. The molecule has 1 nitrogen and oxygen atoms in total. The smallest absolute Gasteiger partial charge is 0.133 e. The number of aryl methyl sites for hydroxylation is 3. The molecule has 2 aromatic carbocycles. The van der Waals surface area contributed by atoms with Crippen molar-refractivity contribution in [2.24, 2.45) is 0 Å². The van der Waals surface area contributed by atoms with Crippen molar-refractivity contribution >= 4 is 31.9 Å². The monoisotopic (exact) mass is 410 g/mol. The Morgan fingerprint density at radius 3 is 2.19 bits per heavy atom. The topological polar surface area (TPSA) is 9.23 Å². The van der Waals surface area contributed by atoms with Crippen molar-refractivity contribution in [1.29, 1.82) is 0 Å². The predicted molar refractivity (Wildman–Crippen MR) is 96.7 cm³/mol. The lowest BCUT2D eigenvalue weighted by molar-refractivity contribution is 0.338. The SMILES string of the molecule is CCOc1ccc(C(Br)c2c(C)cc(C)cc2C)cc1Br. The van der Waals surface area contributed by atoms with Gasteiger partial charge in [-0.2, -0.15) is 0 Å². The van der Waals surface area contributed by atoms with Gasteiger partial charge in [0, 0.05) is 0 Å². The summed E-state index contributed by atoms with van der Waals surface area (Å²) in [5.41, 5.74) is 6.51. The highest BCUT2D eigenvalue weighted by molar-refractivity contribution is 9.10. The zero-order chi connectivity index (χ0) is 15.6. The van der Waals surface area contributed by atoms with Crippen LogP contribution in [-0.4, -0.2) is 6.61 Å². The Labute approximate surface area is 144 Å². The molecule has 0 aliphatic rings. The summed E-state index contributed by atoms with van der Waals surface area (Å²) in [6.07, 6.45) is 0. The highest BCUT2D eigenvalue weighted by Gasteiger charge is 2.17. The lowest BCUT2D eigenvalue weighted by Gasteiger charge is -2.18. The van der Waals surface area contributed by atoms with Crippen molar-refractivity contribution < 1.29 is 4.74 Å². The Bertz CT molecular complexity index is 627. The maximum absolute atomic E-state index is 5.58. The highest BCUT2D eigenvalue weighted by atomic mass is 79.9. The molecule has 0 bridgehead atoms. The van der Waals surface area contributed by atoms with Gasteiger partial charge in [0.15, 0.2) is 0 Å². The molecule has 0 saturated heterocycles. The van der Waals surface area contributed by atoms with Gasteiger partial charge in [0.25, 0.3) is 0 Å². The van der Waals surface area contributed by atoms with Gasteiger partial charge in [0.1, 0.15) is 5.75 Å². The van der Waals surface area contributed by atoms with E-state index in [9.17, 15) is 0 Å². The number of ether oxygens (including phenoxy) is 1. The summed E-state index contributed by atoms with van der Waals surface area (Å²) < 4.78 is 6.57. The number of halogens is 2. The highest BCUT2D eigenvalue weighted by Crippen LogP contribution is 2.38. The Hall–Kier alpha value is -0.800. The minimum atomic E-state index is 0.185. The first kappa shape index (κ1) is 16.6. The van der Waals surface area contributed by atoms with Crippen LogP contribution in [0.25, 0.3) is 0 Å². The summed E-state index contributed by atoms with van der Waals surface area (Å²) in [5.74, 6) is 0.887. The van der Waals surface area contributed by atoms with Crippen LogP contribution in [0.2, 0.25) is 0 Å². The normalized spacial score (nSPS) is 12.3. The molecule has 0 spiro atoms. The summed E-state index contributed by atoms with van der Waals surface area (Å²) in [5, 5.41) is 0. The number of hydrogen-bond donors (Lipinski definition) is 0. The summed E-state index contributed by atoms with van der Waals surface area (Å²) in [4.78, 5) is 0.185. The van der Waals surface area contributed by atoms with Crippen LogP contribution in [0.5, 0.6) is 5.75 Å². The van der Waals surface area contributed by atoms with Crippen LogP contribution in [0.4, 0.5) is 0 Å². The third-order valence-electron chi connectivity index (χ3n) is 3.54. The van der Waals surface area contributed by atoms with Crippen LogP contribution in [-0.2, 0) is 0 Å². The second-order valence-electron chi connectivity index (χ2n) is 5.30. The molecule has 0 saturated carbocycles. The van der Waals surface area contributed by atoms with Gasteiger partial charge in [-0.15, -0.1) is 0 Å². The van der Waals surface area contributed by atoms with Gasteiger partial charge in [-0.3, -0.25) is 0 Å². The molecule has 0 aliphatic carbocycles. The molecule has 0 N–H and O–H groups in total. The molecule has 3 heteroatoms. The van der Waals surface area contributed by atoms with E-state index < -0.39 is 0 Å². The molecule has 1 unspecified atom stereocenters. The van der Waals surface area contributed by atoms with E-state index in [1.165, 1.54) is 27.8 Å². The van der Waals surface area contributed by atoms with Crippen molar-refractivity contribution in [3.63, 3.8) is 0 Å². The summed E-state index contributed by atoms with van der Waals surface area (Å²) >= 11 is 7.45. The third-order valence-corrected chi connectivity index (χ3v) is 5.15. The molecule has 21 heavy (non-hydrogen) atoms. The third kappa shape index (κ3) is 3.70. The first-order valence-electron chi connectivity index (χ1n) is 7.08. The van der Waals surface area contributed by atoms with Crippen molar-refractivity contribution in [2.75, 3.05) is 6.61 Å². The van der Waals surface area contributed by atoms with Crippen LogP contribution in [0, 0.1) is 20.8 Å². The second-order valence-corrected chi connectivity index (χ2v) is 7.07. The van der Waals surface area contributed by atoms with Crippen molar-refractivity contribution in [3.05, 3.63) is 62.6 Å². The molecule has 0 amide bonds. The van der Waals surface area contributed by atoms with Crippen LogP contribution >= 0.6 is 31.9 Å². The van der Waals surface area contributed by atoms with Crippen LogP contribution < -0.4 is 4.74 Å².